The van der Waals surface area contributed by atoms with Crippen molar-refractivity contribution in [2.24, 2.45) is 5.92 Å². The third-order valence-electron chi connectivity index (χ3n) is 2.64. The van der Waals surface area contributed by atoms with Gasteiger partial charge in [-0.1, -0.05) is 39.0 Å². The fraction of sp³-hybridized carbons (Fsp3) is 0.769. The van der Waals surface area contributed by atoms with E-state index in [9.17, 15) is 4.79 Å². The van der Waals surface area contributed by atoms with Crippen LogP contribution in [0.1, 0.15) is 39.5 Å². The minimum absolute atomic E-state index is 0.0326. The molecule has 0 aromatic rings. The van der Waals surface area contributed by atoms with Gasteiger partial charge in [0.05, 0.1) is 13.1 Å². The molecule has 0 saturated carbocycles. The Labute approximate surface area is 99.4 Å². The Hall–Kier alpha value is -1.01. The number of hydrogen-bond donors (Lipinski definition) is 2. The normalized spacial score (nSPS) is 11.8. The monoisotopic (exact) mass is 224 g/mol. The Kier molecular flexibility index (Phi) is 9.84. The van der Waals surface area contributed by atoms with Crippen LogP contribution in [0.15, 0.2) is 0 Å². The SMILES string of the molecule is C#CCNCC(=O)NCC(CC)CCCC. The summed E-state index contributed by atoms with van der Waals surface area (Å²) in [6.45, 7) is 5.90. The number of unbranched alkanes of at least 4 members (excludes halogenated alkanes) is 1. The van der Waals surface area contributed by atoms with Crippen molar-refractivity contribution in [1.29, 1.82) is 0 Å². The fourth-order valence-corrected chi connectivity index (χ4v) is 1.51. The largest absolute Gasteiger partial charge is 0.355 e. The van der Waals surface area contributed by atoms with Crippen LogP contribution in [0.25, 0.3) is 0 Å². The summed E-state index contributed by atoms with van der Waals surface area (Å²) in [4.78, 5) is 11.4. The molecule has 0 aliphatic rings. The van der Waals surface area contributed by atoms with Crippen molar-refractivity contribution in [3.8, 4) is 12.3 Å². The zero-order valence-electron chi connectivity index (χ0n) is 10.5. The van der Waals surface area contributed by atoms with Gasteiger partial charge in [-0.05, 0) is 12.3 Å². The molecule has 16 heavy (non-hydrogen) atoms. The van der Waals surface area contributed by atoms with Crippen LogP contribution in [0, 0.1) is 18.3 Å². The van der Waals surface area contributed by atoms with E-state index in [2.05, 4.69) is 30.4 Å². The maximum absolute atomic E-state index is 11.4. The van der Waals surface area contributed by atoms with Gasteiger partial charge in [-0.15, -0.1) is 6.42 Å². The topological polar surface area (TPSA) is 41.1 Å². The Morgan fingerprint density at radius 3 is 2.75 bits per heavy atom. The zero-order valence-corrected chi connectivity index (χ0v) is 10.5. The van der Waals surface area contributed by atoms with E-state index in [4.69, 9.17) is 6.42 Å². The maximum Gasteiger partial charge on any atom is 0.233 e. The van der Waals surface area contributed by atoms with Crippen molar-refractivity contribution in [2.75, 3.05) is 19.6 Å². The van der Waals surface area contributed by atoms with Crippen LogP contribution in [0.3, 0.4) is 0 Å². The lowest BCUT2D eigenvalue weighted by atomic mass is 9.99. The summed E-state index contributed by atoms with van der Waals surface area (Å²) in [7, 11) is 0. The molecule has 3 heteroatoms. The third kappa shape index (κ3) is 8.31. The minimum atomic E-state index is 0.0326. The second kappa shape index (κ2) is 10.5. The lowest BCUT2D eigenvalue weighted by Gasteiger charge is -2.15. The molecule has 1 atom stereocenters. The van der Waals surface area contributed by atoms with Gasteiger partial charge in [0.15, 0.2) is 0 Å². The highest BCUT2D eigenvalue weighted by Gasteiger charge is 2.07. The van der Waals surface area contributed by atoms with Gasteiger partial charge in [0.1, 0.15) is 0 Å². The van der Waals surface area contributed by atoms with Gasteiger partial charge < -0.3 is 5.32 Å². The van der Waals surface area contributed by atoms with Crippen molar-refractivity contribution in [1.82, 2.24) is 10.6 Å². The number of terminal acetylenes is 1. The second-order valence-corrected chi connectivity index (χ2v) is 4.03. The van der Waals surface area contributed by atoms with E-state index in [1.807, 2.05) is 0 Å². The average molecular weight is 224 g/mol. The first-order valence-corrected chi connectivity index (χ1v) is 6.15. The molecule has 0 radical (unpaired) electrons. The van der Waals surface area contributed by atoms with E-state index in [-0.39, 0.29) is 5.91 Å². The lowest BCUT2D eigenvalue weighted by Crippen LogP contribution is -2.36. The van der Waals surface area contributed by atoms with Gasteiger partial charge in [-0.3, -0.25) is 10.1 Å². The summed E-state index contributed by atoms with van der Waals surface area (Å²) in [5.41, 5.74) is 0. The highest BCUT2D eigenvalue weighted by Crippen LogP contribution is 2.10. The van der Waals surface area contributed by atoms with Crippen molar-refractivity contribution in [2.45, 2.75) is 39.5 Å². The highest BCUT2D eigenvalue weighted by molar-refractivity contribution is 5.77. The van der Waals surface area contributed by atoms with E-state index >= 15 is 0 Å². The van der Waals surface area contributed by atoms with E-state index in [1.54, 1.807) is 0 Å². The van der Waals surface area contributed by atoms with Gasteiger partial charge in [-0.2, -0.15) is 0 Å². The molecule has 0 aromatic heterocycles. The molecule has 0 saturated heterocycles. The molecule has 92 valence electrons. The van der Waals surface area contributed by atoms with Gasteiger partial charge in [0.25, 0.3) is 0 Å². The Morgan fingerprint density at radius 1 is 1.44 bits per heavy atom. The predicted molar refractivity (Wildman–Crippen MR) is 68.0 cm³/mol. The van der Waals surface area contributed by atoms with Crippen LogP contribution in [-0.4, -0.2) is 25.5 Å². The van der Waals surface area contributed by atoms with Crippen molar-refractivity contribution < 1.29 is 4.79 Å². The molecule has 0 aliphatic carbocycles. The van der Waals surface area contributed by atoms with Crippen LogP contribution in [-0.2, 0) is 4.79 Å². The van der Waals surface area contributed by atoms with E-state index < -0.39 is 0 Å². The maximum atomic E-state index is 11.4. The summed E-state index contributed by atoms with van der Waals surface area (Å²) >= 11 is 0. The number of carbonyl (C=O) groups excluding carboxylic acids is 1. The molecule has 2 N–H and O–H groups in total. The summed E-state index contributed by atoms with van der Waals surface area (Å²) in [5.74, 6) is 3.08. The predicted octanol–water partition coefficient (Wildman–Crippen LogP) is 1.54. The Bertz CT molecular complexity index is 220. The van der Waals surface area contributed by atoms with Gasteiger partial charge in [0, 0.05) is 6.54 Å². The summed E-state index contributed by atoms with van der Waals surface area (Å²) in [5, 5.41) is 5.80. The number of amides is 1. The molecule has 1 unspecified atom stereocenters. The first-order valence-electron chi connectivity index (χ1n) is 6.15. The number of carbonyl (C=O) groups is 1. The molecule has 0 aromatic carbocycles. The smallest absolute Gasteiger partial charge is 0.233 e. The van der Waals surface area contributed by atoms with E-state index in [1.165, 1.54) is 19.3 Å². The zero-order chi connectivity index (χ0) is 12.2. The molecular formula is C13H24N2O. The molecule has 0 fully saturated rings. The van der Waals surface area contributed by atoms with Crippen molar-refractivity contribution in [3.05, 3.63) is 0 Å². The van der Waals surface area contributed by atoms with E-state index in [0.29, 0.717) is 19.0 Å². The minimum Gasteiger partial charge on any atom is -0.355 e. The molecule has 0 aliphatic heterocycles. The van der Waals surface area contributed by atoms with Crippen LogP contribution >= 0.6 is 0 Å². The lowest BCUT2D eigenvalue weighted by molar-refractivity contribution is -0.120. The molecule has 1 amide bonds. The van der Waals surface area contributed by atoms with Crippen LogP contribution < -0.4 is 10.6 Å². The van der Waals surface area contributed by atoms with Crippen LogP contribution in [0.5, 0.6) is 0 Å². The number of hydrogen-bond acceptors (Lipinski definition) is 2. The fourth-order valence-electron chi connectivity index (χ4n) is 1.51. The quantitative estimate of drug-likeness (QED) is 0.461. The standard InChI is InChI=1S/C13H24N2O/c1-4-7-8-12(6-3)10-15-13(16)11-14-9-5-2/h2,12,14H,4,6-11H2,1,3H3,(H,15,16). The van der Waals surface area contributed by atoms with Crippen LogP contribution in [0.4, 0.5) is 0 Å². The molecule has 0 spiro atoms. The second-order valence-electron chi connectivity index (χ2n) is 4.03. The molecule has 0 rings (SSSR count). The average Bonchev–Trinajstić information content (AvgIpc) is 2.30. The van der Waals surface area contributed by atoms with Crippen molar-refractivity contribution >= 4 is 5.91 Å². The van der Waals surface area contributed by atoms with Gasteiger partial charge in [-0.25, -0.2) is 0 Å². The highest BCUT2D eigenvalue weighted by atomic mass is 16.1. The van der Waals surface area contributed by atoms with E-state index in [0.717, 1.165) is 13.0 Å². The molecule has 0 bridgehead atoms. The third-order valence-corrected chi connectivity index (χ3v) is 2.64. The van der Waals surface area contributed by atoms with Gasteiger partial charge >= 0.3 is 0 Å². The number of nitrogens with one attached hydrogen (secondary N) is 2. The molecule has 0 heterocycles. The molecule has 3 nitrogen and oxygen atoms in total. The summed E-state index contributed by atoms with van der Waals surface area (Å²) in [6.07, 6.45) is 9.85. The molecular weight excluding hydrogens is 200 g/mol. The Morgan fingerprint density at radius 2 is 2.19 bits per heavy atom. The Balaban J connectivity index is 3.59. The van der Waals surface area contributed by atoms with Crippen LogP contribution in [0.2, 0.25) is 0 Å². The van der Waals surface area contributed by atoms with Gasteiger partial charge in [0.2, 0.25) is 5.91 Å². The van der Waals surface area contributed by atoms with Crippen molar-refractivity contribution in [3.63, 3.8) is 0 Å². The first kappa shape index (κ1) is 15.0. The number of rotatable bonds is 9. The summed E-state index contributed by atoms with van der Waals surface area (Å²) in [6, 6.07) is 0. The first-order chi connectivity index (χ1) is 7.74. The summed E-state index contributed by atoms with van der Waals surface area (Å²) < 4.78 is 0.